The van der Waals surface area contributed by atoms with E-state index < -0.39 is 29.5 Å². The molecule has 11 heteroatoms. The second kappa shape index (κ2) is 10.8. The second-order valence-corrected chi connectivity index (χ2v) is 10.7. The number of benzene rings is 2. The van der Waals surface area contributed by atoms with Gasteiger partial charge in [0, 0.05) is 36.2 Å². The fourth-order valence-electron chi connectivity index (χ4n) is 6.03. The van der Waals surface area contributed by atoms with Gasteiger partial charge in [-0.1, -0.05) is 58.8 Å². The molecule has 4 aromatic rings. The van der Waals surface area contributed by atoms with Gasteiger partial charge in [-0.25, -0.2) is 0 Å². The van der Waals surface area contributed by atoms with Crippen LogP contribution < -0.4 is 0 Å². The van der Waals surface area contributed by atoms with Crippen LogP contribution in [-0.4, -0.2) is 51.0 Å². The molecule has 1 aliphatic carbocycles. The van der Waals surface area contributed by atoms with E-state index >= 15 is 0 Å². The van der Waals surface area contributed by atoms with Gasteiger partial charge in [-0.3, -0.25) is 4.79 Å². The van der Waals surface area contributed by atoms with Gasteiger partial charge < -0.3 is 24.2 Å². The number of β-amino-alcohol motifs (C(OH)–C–C–N with tert-alkyl or cyclic N) is 1. The van der Waals surface area contributed by atoms with E-state index in [0.29, 0.717) is 37.2 Å². The molecule has 0 amide bonds. The Bertz CT molecular complexity index is 1560. The van der Waals surface area contributed by atoms with Gasteiger partial charge in [0.05, 0.1) is 6.10 Å². The molecule has 2 N–H and O–H groups in total. The summed E-state index contributed by atoms with van der Waals surface area (Å²) in [7, 11) is 0. The number of halogens is 3. The largest absolute Gasteiger partial charge is 0.481 e. The van der Waals surface area contributed by atoms with E-state index in [0.717, 1.165) is 36.1 Å². The summed E-state index contributed by atoms with van der Waals surface area (Å²) >= 11 is 0. The molecule has 1 saturated heterocycles. The molecule has 2 aromatic carbocycles. The molecule has 2 aliphatic rings. The summed E-state index contributed by atoms with van der Waals surface area (Å²) in [6, 6.07) is 13.5. The molecule has 1 aliphatic heterocycles. The number of aliphatic hydroxyl groups is 1. The van der Waals surface area contributed by atoms with Gasteiger partial charge in [0.15, 0.2) is 17.2 Å². The lowest BCUT2D eigenvalue weighted by Crippen LogP contribution is -2.38. The van der Waals surface area contributed by atoms with Gasteiger partial charge in [-0.2, -0.15) is 13.2 Å². The number of likely N-dealkylation sites (tertiary alicyclic amines) is 1. The smallest absolute Gasteiger partial charge is 0.422 e. The number of aliphatic carboxylic acids is 1. The molecule has 3 heterocycles. The number of alkyl halides is 3. The normalized spacial score (nSPS) is 18.1. The predicted molar refractivity (Wildman–Crippen MR) is 142 cm³/mol. The third-order valence-corrected chi connectivity index (χ3v) is 7.93. The summed E-state index contributed by atoms with van der Waals surface area (Å²) in [6.07, 6.45) is -2.72. The Morgan fingerprint density at radius 1 is 1.05 bits per heavy atom. The Hall–Kier alpha value is -3.96. The van der Waals surface area contributed by atoms with Crippen molar-refractivity contribution >= 4 is 5.97 Å². The van der Waals surface area contributed by atoms with Crippen LogP contribution in [0.2, 0.25) is 0 Å². The molecule has 41 heavy (non-hydrogen) atoms. The van der Waals surface area contributed by atoms with Crippen molar-refractivity contribution < 1.29 is 37.2 Å². The van der Waals surface area contributed by atoms with Gasteiger partial charge in [-0.05, 0) is 49.3 Å². The molecular weight excluding hydrogens is 539 g/mol. The van der Waals surface area contributed by atoms with Crippen LogP contribution in [0.1, 0.15) is 47.6 Å². The zero-order chi connectivity index (χ0) is 28.7. The molecule has 0 saturated carbocycles. The first-order valence-corrected chi connectivity index (χ1v) is 13.6. The maximum atomic E-state index is 14.2. The minimum atomic E-state index is -4.74. The maximum absolute atomic E-state index is 14.2. The molecule has 2 aromatic heterocycles. The summed E-state index contributed by atoms with van der Waals surface area (Å²) in [5.74, 6) is -1.18. The quantitative estimate of drug-likeness (QED) is 0.280. The predicted octanol–water partition coefficient (Wildman–Crippen LogP) is 6.00. The number of aryl methyl sites for hydroxylation is 1. The summed E-state index contributed by atoms with van der Waals surface area (Å²) < 4.78 is 53.4. The number of piperidine rings is 1. The van der Waals surface area contributed by atoms with Crippen molar-refractivity contribution in [3.05, 3.63) is 70.8 Å². The number of hydrogen-bond donors (Lipinski definition) is 2. The minimum Gasteiger partial charge on any atom is -0.481 e. The van der Waals surface area contributed by atoms with Crippen LogP contribution in [0.5, 0.6) is 0 Å². The molecule has 214 valence electrons. The number of rotatable bonds is 7. The molecule has 1 fully saturated rings. The highest BCUT2D eigenvalue weighted by Gasteiger charge is 2.43. The molecule has 8 nitrogen and oxygen atoms in total. The van der Waals surface area contributed by atoms with Crippen molar-refractivity contribution in [2.75, 3.05) is 19.6 Å². The third-order valence-electron chi connectivity index (χ3n) is 7.93. The van der Waals surface area contributed by atoms with E-state index in [1.165, 1.54) is 12.1 Å². The van der Waals surface area contributed by atoms with E-state index in [1.807, 2.05) is 12.1 Å². The number of aliphatic hydroxyl groups excluding tert-OH is 1. The summed E-state index contributed by atoms with van der Waals surface area (Å²) in [6.45, 7) is 1.83. The minimum absolute atomic E-state index is 0.0611. The van der Waals surface area contributed by atoms with Crippen LogP contribution >= 0.6 is 0 Å². The zero-order valence-electron chi connectivity index (χ0n) is 22.0. The van der Waals surface area contributed by atoms with Gasteiger partial charge in [0.2, 0.25) is 0 Å². The van der Waals surface area contributed by atoms with Gasteiger partial charge in [0.1, 0.15) is 11.3 Å². The highest BCUT2D eigenvalue weighted by Crippen LogP contribution is 2.46. The average molecular weight is 568 g/mol. The number of hydrogen-bond acceptors (Lipinski definition) is 7. The second-order valence-electron chi connectivity index (χ2n) is 10.7. The van der Waals surface area contributed by atoms with Crippen LogP contribution in [0.4, 0.5) is 13.2 Å². The van der Waals surface area contributed by atoms with Crippen LogP contribution in [-0.2, 0) is 23.8 Å². The number of aromatic nitrogens is 2. The van der Waals surface area contributed by atoms with Crippen molar-refractivity contribution in [1.82, 2.24) is 15.2 Å². The van der Waals surface area contributed by atoms with Crippen LogP contribution in [0.15, 0.2) is 57.6 Å². The molecular formula is C30H28F3N3O5. The van der Waals surface area contributed by atoms with Crippen molar-refractivity contribution in [3.8, 4) is 34.0 Å². The fraction of sp³-hybridized carbons (Fsp3) is 0.367. The SMILES string of the molecule is O=C(O)C[C@H]1CCCN(C[C@@H](O)c2ccc3c(c2)CCc2c-3noc2-c2noc(-c3ccccc3)c2C(F)(F)F)C1. The molecule has 2 atom stereocenters. The fourth-order valence-corrected chi connectivity index (χ4v) is 6.03. The van der Waals surface area contributed by atoms with Crippen molar-refractivity contribution in [3.63, 3.8) is 0 Å². The topological polar surface area (TPSA) is 113 Å². The van der Waals surface area contributed by atoms with E-state index in [4.69, 9.17) is 14.2 Å². The van der Waals surface area contributed by atoms with Gasteiger partial charge in [-0.15, -0.1) is 0 Å². The van der Waals surface area contributed by atoms with Crippen molar-refractivity contribution in [1.29, 1.82) is 0 Å². The highest BCUT2D eigenvalue weighted by atomic mass is 19.4. The number of nitrogens with zero attached hydrogens (tertiary/aromatic N) is 3. The lowest BCUT2D eigenvalue weighted by Gasteiger charge is -2.33. The first kappa shape index (κ1) is 27.2. The third kappa shape index (κ3) is 5.39. The Balaban J connectivity index is 1.26. The monoisotopic (exact) mass is 567 g/mol. The Morgan fingerprint density at radius 2 is 1.80 bits per heavy atom. The highest BCUT2D eigenvalue weighted by molar-refractivity contribution is 5.79. The summed E-state index contributed by atoms with van der Waals surface area (Å²) in [5.41, 5.74) is 2.17. The van der Waals surface area contributed by atoms with E-state index in [-0.39, 0.29) is 29.4 Å². The Labute approximate surface area is 233 Å². The number of fused-ring (bicyclic) bond motifs is 3. The molecule has 0 bridgehead atoms. The standard InChI is InChI=1S/C30H28F3N3O5/c31-30(32,33)25-27(35-40-28(25)18-6-2-1-3-7-18)29-22-11-8-19-14-20(9-10-21(19)26(22)34-41-29)23(37)16-36-12-4-5-17(15-36)13-24(38)39/h1-3,6-7,9-10,14,17,23,37H,4-5,8,11-13,15-16H2,(H,38,39)/t17-,23-/m1/s1. The first-order chi connectivity index (χ1) is 19.7. The van der Waals surface area contributed by atoms with E-state index in [1.54, 1.807) is 24.3 Å². The van der Waals surface area contributed by atoms with Crippen molar-refractivity contribution in [2.45, 2.75) is 44.4 Å². The lowest BCUT2D eigenvalue weighted by molar-refractivity contribution is -0.139. The van der Waals surface area contributed by atoms with Crippen LogP contribution in [0.3, 0.4) is 0 Å². The number of carbonyl (C=O) groups is 1. The van der Waals surface area contributed by atoms with E-state index in [2.05, 4.69) is 15.2 Å². The number of carboxylic acid groups (broad SMARTS) is 1. The average Bonchev–Trinajstić information content (AvgIpc) is 3.58. The van der Waals surface area contributed by atoms with Crippen LogP contribution in [0.25, 0.3) is 34.0 Å². The van der Waals surface area contributed by atoms with Gasteiger partial charge in [0.25, 0.3) is 0 Å². The Morgan fingerprint density at radius 3 is 2.56 bits per heavy atom. The lowest BCUT2D eigenvalue weighted by atomic mass is 9.86. The van der Waals surface area contributed by atoms with Crippen molar-refractivity contribution in [2.24, 2.45) is 5.92 Å². The van der Waals surface area contributed by atoms with Gasteiger partial charge >= 0.3 is 12.1 Å². The molecule has 0 spiro atoms. The summed E-state index contributed by atoms with van der Waals surface area (Å²) in [5, 5.41) is 28.0. The maximum Gasteiger partial charge on any atom is 0.422 e. The van der Waals surface area contributed by atoms with Crippen LogP contribution in [0, 0.1) is 5.92 Å². The number of carboxylic acids is 1. The molecule has 0 unspecified atom stereocenters. The van der Waals surface area contributed by atoms with E-state index in [9.17, 15) is 23.1 Å². The molecule has 0 radical (unpaired) electrons. The summed E-state index contributed by atoms with van der Waals surface area (Å²) in [4.78, 5) is 13.2. The Kier molecular flexibility index (Phi) is 7.16. The zero-order valence-corrected chi connectivity index (χ0v) is 22.0. The first-order valence-electron chi connectivity index (χ1n) is 13.6. The molecule has 6 rings (SSSR count).